The van der Waals surface area contributed by atoms with Crippen LogP contribution in [0.4, 0.5) is 0 Å². The van der Waals surface area contributed by atoms with Gasteiger partial charge in [0.1, 0.15) is 6.54 Å². The molecule has 1 N–H and O–H groups in total. The number of halogens is 1. The normalized spacial score (nSPS) is 15.1. The van der Waals surface area contributed by atoms with Crippen LogP contribution in [0, 0.1) is 5.92 Å². The van der Waals surface area contributed by atoms with Crippen LogP contribution in [0.5, 0.6) is 0 Å². The molecule has 0 unspecified atom stereocenters. The van der Waals surface area contributed by atoms with Gasteiger partial charge >= 0.3 is 5.97 Å². The summed E-state index contributed by atoms with van der Waals surface area (Å²) in [6, 6.07) is 3.01. The van der Waals surface area contributed by atoms with Gasteiger partial charge in [0.25, 0.3) is 5.56 Å². The summed E-state index contributed by atoms with van der Waals surface area (Å²) in [5.41, 5.74) is -0.237. The Morgan fingerprint density at radius 3 is 2.68 bits per heavy atom. The fourth-order valence-electron chi connectivity index (χ4n) is 2.02. The molecule has 7 heteroatoms. The van der Waals surface area contributed by atoms with Crippen LogP contribution in [-0.4, -0.2) is 39.5 Å². The average molecular weight is 329 g/mol. The molecule has 1 saturated heterocycles. The first kappa shape index (κ1) is 13.8. The summed E-state index contributed by atoms with van der Waals surface area (Å²) in [6.07, 6.45) is 1.65. The largest absolute Gasteiger partial charge is 0.481 e. The number of carboxylic acid groups (broad SMARTS) is 1. The molecule has 1 aliphatic heterocycles. The van der Waals surface area contributed by atoms with E-state index in [4.69, 9.17) is 5.11 Å². The van der Waals surface area contributed by atoms with Gasteiger partial charge in [-0.05, 0) is 22.0 Å². The Hall–Kier alpha value is -1.63. The highest BCUT2D eigenvalue weighted by Crippen LogP contribution is 2.19. The van der Waals surface area contributed by atoms with Crippen molar-refractivity contribution in [3.05, 3.63) is 33.2 Å². The molecule has 1 aromatic rings. The van der Waals surface area contributed by atoms with Crippen LogP contribution < -0.4 is 5.56 Å². The molecule has 19 heavy (non-hydrogen) atoms. The van der Waals surface area contributed by atoms with Gasteiger partial charge in [0.2, 0.25) is 5.91 Å². The van der Waals surface area contributed by atoms with E-state index in [2.05, 4.69) is 15.9 Å². The zero-order chi connectivity index (χ0) is 14.0. The van der Waals surface area contributed by atoms with Gasteiger partial charge < -0.3 is 14.6 Å². The van der Waals surface area contributed by atoms with Crippen molar-refractivity contribution in [1.29, 1.82) is 0 Å². The molecule has 102 valence electrons. The minimum Gasteiger partial charge on any atom is -0.481 e. The molecular weight excluding hydrogens is 316 g/mol. The van der Waals surface area contributed by atoms with Gasteiger partial charge in [0, 0.05) is 35.7 Å². The molecule has 2 heterocycles. The lowest BCUT2D eigenvalue weighted by Gasteiger charge is -2.38. The highest BCUT2D eigenvalue weighted by molar-refractivity contribution is 9.10. The zero-order valence-corrected chi connectivity index (χ0v) is 11.7. The predicted molar refractivity (Wildman–Crippen MR) is 70.7 cm³/mol. The van der Waals surface area contributed by atoms with E-state index in [9.17, 15) is 14.4 Å². The number of hydrogen-bond donors (Lipinski definition) is 1. The first-order chi connectivity index (χ1) is 8.95. The fraction of sp³-hybridized carbons (Fsp3) is 0.417. The van der Waals surface area contributed by atoms with Crippen LogP contribution in [0.3, 0.4) is 0 Å². The number of pyridine rings is 1. The lowest BCUT2D eigenvalue weighted by molar-refractivity contribution is -0.145. The Balaban J connectivity index is 1.91. The lowest BCUT2D eigenvalue weighted by Crippen LogP contribution is -2.52. The van der Waals surface area contributed by atoms with Crippen molar-refractivity contribution in [2.45, 2.75) is 13.0 Å². The van der Waals surface area contributed by atoms with Crippen molar-refractivity contribution < 1.29 is 14.7 Å². The monoisotopic (exact) mass is 328 g/mol. The van der Waals surface area contributed by atoms with Crippen molar-refractivity contribution in [1.82, 2.24) is 9.47 Å². The summed E-state index contributed by atoms with van der Waals surface area (Å²) in [7, 11) is 0. The van der Waals surface area contributed by atoms with Gasteiger partial charge in [-0.3, -0.25) is 14.4 Å². The van der Waals surface area contributed by atoms with Crippen molar-refractivity contribution in [3.8, 4) is 0 Å². The maximum Gasteiger partial charge on any atom is 0.303 e. The van der Waals surface area contributed by atoms with Crippen molar-refractivity contribution in [3.63, 3.8) is 0 Å². The number of carbonyl (C=O) groups excluding carboxylic acids is 1. The van der Waals surface area contributed by atoms with E-state index < -0.39 is 5.97 Å². The van der Waals surface area contributed by atoms with E-state index in [1.54, 1.807) is 17.2 Å². The molecule has 0 atom stereocenters. The second-order valence-electron chi connectivity index (χ2n) is 4.58. The molecule has 1 amide bonds. The molecule has 0 saturated carbocycles. The number of carbonyl (C=O) groups is 2. The number of hydrogen-bond acceptors (Lipinski definition) is 3. The molecule has 1 aliphatic rings. The maximum absolute atomic E-state index is 11.9. The third kappa shape index (κ3) is 3.44. The molecular formula is C12H13BrN2O4. The molecule has 2 rings (SSSR count). The molecule has 0 aliphatic carbocycles. The van der Waals surface area contributed by atoms with Crippen LogP contribution in [0.25, 0.3) is 0 Å². The predicted octanol–water partition coefficient (Wildman–Crippen LogP) is 0.544. The molecule has 0 radical (unpaired) electrons. The quantitative estimate of drug-likeness (QED) is 0.875. The average Bonchev–Trinajstić information content (AvgIpc) is 2.27. The second kappa shape index (κ2) is 5.56. The number of amides is 1. The number of likely N-dealkylation sites (tertiary alicyclic amines) is 1. The summed E-state index contributed by atoms with van der Waals surface area (Å²) in [6.45, 7) is 0.889. The Bertz CT molecular complexity index is 563. The standard InChI is InChI=1S/C12H13BrN2O4/c13-9-1-2-10(16)15(6-9)7-11(17)14-4-8(5-14)3-12(18)19/h1-2,6,8H,3-5,7H2,(H,18,19). The van der Waals surface area contributed by atoms with E-state index in [0.29, 0.717) is 13.1 Å². The summed E-state index contributed by atoms with van der Waals surface area (Å²) in [5.74, 6) is -0.983. The first-order valence-electron chi connectivity index (χ1n) is 5.81. The Morgan fingerprint density at radius 2 is 2.05 bits per heavy atom. The Labute approximate surface area is 117 Å². The molecule has 0 bridgehead atoms. The van der Waals surface area contributed by atoms with Crippen LogP contribution >= 0.6 is 15.9 Å². The van der Waals surface area contributed by atoms with Crippen molar-refractivity contribution >= 4 is 27.8 Å². The van der Waals surface area contributed by atoms with Gasteiger partial charge in [-0.1, -0.05) is 0 Å². The highest BCUT2D eigenvalue weighted by Gasteiger charge is 2.31. The lowest BCUT2D eigenvalue weighted by atomic mass is 9.96. The SMILES string of the molecule is O=C(O)CC1CN(C(=O)Cn2cc(Br)ccc2=O)C1. The second-order valence-corrected chi connectivity index (χ2v) is 5.49. The minimum absolute atomic E-state index is 0.0158. The van der Waals surface area contributed by atoms with Crippen molar-refractivity contribution in [2.24, 2.45) is 5.92 Å². The van der Waals surface area contributed by atoms with Crippen LogP contribution in [0.1, 0.15) is 6.42 Å². The van der Waals surface area contributed by atoms with Gasteiger partial charge in [-0.2, -0.15) is 0 Å². The number of rotatable bonds is 4. The fourth-order valence-corrected chi connectivity index (χ4v) is 2.40. The van der Waals surface area contributed by atoms with Gasteiger partial charge in [0.15, 0.2) is 0 Å². The maximum atomic E-state index is 11.9. The van der Waals surface area contributed by atoms with E-state index in [0.717, 1.165) is 4.47 Å². The summed E-state index contributed by atoms with van der Waals surface area (Å²) < 4.78 is 2.06. The smallest absolute Gasteiger partial charge is 0.303 e. The third-order valence-corrected chi connectivity index (χ3v) is 3.50. The number of aliphatic carboxylic acids is 1. The number of carboxylic acids is 1. The van der Waals surface area contributed by atoms with Gasteiger partial charge in [-0.25, -0.2) is 0 Å². The van der Waals surface area contributed by atoms with Crippen LogP contribution in [0.2, 0.25) is 0 Å². The van der Waals surface area contributed by atoms with E-state index in [1.807, 2.05) is 0 Å². The van der Waals surface area contributed by atoms with Gasteiger partial charge in [0.05, 0.1) is 6.42 Å². The molecule has 1 fully saturated rings. The van der Waals surface area contributed by atoms with Crippen LogP contribution in [-0.2, 0) is 16.1 Å². The molecule has 1 aromatic heterocycles. The Morgan fingerprint density at radius 1 is 1.37 bits per heavy atom. The van der Waals surface area contributed by atoms with Gasteiger partial charge in [-0.15, -0.1) is 0 Å². The zero-order valence-electron chi connectivity index (χ0n) is 10.1. The first-order valence-corrected chi connectivity index (χ1v) is 6.60. The topological polar surface area (TPSA) is 79.6 Å². The van der Waals surface area contributed by atoms with Crippen molar-refractivity contribution in [2.75, 3.05) is 13.1 Å². The summed E-state index contributed by atoms with van der Waals surface area (Å²) >= 11 is 3.24. The summed E-state index contributed by atoms with van der Waals surface area (Å²) in [5, 5.41) is 8.62. The molecule has 0 spiro atoms. The highest BCUT2D eigenvalue weighted by atomic mass is 79.9. The van der Waals surface area contributed by atoms with E-state index >= 15 is 0 Å². The number of nitrogens with zero attached hydrogens (tertiary/aromatic N) is 2. The number of aromatic nitrogens is 1. The van der Waals surface area contributed by atoms with E-state index in [-0.39, 0.29) is 30.3 Å². The van der Waals surface area contributed by atoms with Crippen LogP contribution in [0.15, 0.2) is 27.6 Å². The minimum atomic E-state index is -0.847. The van der Waals surface area contributed by atoms with E-state index in [1.165, 1.54) is 10.6 Å². The third-order valence-electron chi connectivity index (χ3n) is 3.03. The Kier molecular flexibility index (Phi) is 4.04. The summed E-state index contributed by atoms with van der Waals surface area (Å²) in [4.78, 5) is 35.5. The molecule has 0 aromatic carbocycles. The molecule has 6 nitrogen and oxygen atoms in total.